The summed E-state index contributed by atoms with van der Waals surface area (Å²) in [5.41, 5.74) is 5.11. The number of nitro groups is 1. The fourth-order valence-corrected chi connectivity index (χ4v) is 2.37. The van der Waals surface area contributed by atoms with Gasteiger partial charge in [0.1, 0.15) is 5.69 Å². The maximum Gasteiger partial charge on any atom is 0.376 e. The predicted molar refractivity (Wildman–Crippen MR) is 84.0 cm³/mol. The van der Waals surface area contributed by atoms with E-state index in [9.17, 15) is 24.7 Å². The van der Waals surface area contributed by atoms with Crippen molar-refractivity contribution in [2.45, 2.75) is 13.2 Å². The van der Waals surface area contributed by atoms with Crippen molar-refractivity contribution in [1.29, 1.82) is 0 Å². The van der Waals surface area contributed by atoms with Gasteiger partial charge in [0.2, 0.25) is 0 Å². The molecule has 2 rings (SSSR count). The molecule has 1 aliphatic rings. The van der Waals surface area contributed by atoms with Gasteiger partial charge in [0, 0.05) is 12.6 Å². The van der Waals surface area contributed by atoms with Crippen LogP contribution in [0.4, 0.5) is 11.4 Å². The summed E-state index contributed by atoms with van der Waals surface area (Å²) in [5, 5.41) is 20.3. The second-order valence-electron chi connectivity index (χ2n) is 5.44. The first-order chi connectivity index (χ1) is 10.7. The van der Waals surface area contributed by atoms with E-state index in [0.717, 1.165) is 11.0 Å². The van der Waals surface area contributed by atoms with Crippen molar-refractivity contribution in [2.24, 2.45) is 0 Å². The van der Waals surface area contributed by atoms with Crippen LogP contribution in [0, 0.1) is 10.1 Å². The molecule has 0 saturated carbocycles. The van der Waals surface area contributed by atoms with Crippen LogP contribution in [0.1, 0.15) is 27.1 Å². The fraction of sp³-hybridized carbons (Fsp3) is 0.385. The Balaban J connectivity index is 2.16. The molecular weight excluding hydrogens is 303 g/mol. The minimum atomic E-state index is -0.687. The number of hydrogen-bond donors (Lipinski definition) is 2. The largest absolute Gasteiger partial charge is 0.437 e. The summed E-state index contributed by atoms with van der Waals surface area (Å²) in [6.07, 6.45) is 0.477. The lowest BCUT2D eigenvalue weighted by molar-refractivity contribution is -0.383. The lowest BCUT2D eigenvalue weighted by atomic mass is 9.86. The molecule has 2 amide bonds. The van der Waals surface area contributed by atoms with Crippen LogP contribution in [0.25, 0.3) is 0 Å². The molecule has 0 spiro atoms. The zero-order valence-corrected chi connectivity index (χ0v) is 12.9. The Morgan fingerprint density at radius 1 is 1.35 bits per heavy atom. The highest BCUT2D eigenvalue weighted by molar-refractivity contribution is 6.45. The van der Waals surface area contributed by atoms with Crippen LogP contribution in [0.3, 0.4) is 0 Å². The number of imide groups is 1. The minimum Gasteiger partial charge on any atom is -0.437 e. The van der Waals surface area contributed by atoms with E-state index in [1.165, 1.54) is 6.07 Å². The van der Waals surface area contributed by atoms with Crippen molar-refractivity contribution < 1.29 is 19.5 Å². The maximum absolute atomic E-state index is 12.3. The molecule has 23 heavy (non-hydrogen) atoms. The highest BCUT2D eigenvalue weighted by Crippen LogP contribution is 2.31. The topological polar surface area (TPSA) is 130 Å². The maximum atomic E-state index is 12.3. The zero-order chi connectivity index (χ0) is 17.3. The summed E-state index contributed by atoms with van der Waals surface area (Å²) in [6.45, 7) is 2.27. The van der Waals surface area contributed by atoms with Crippen molar-refractivity contribution in [3.05, 3.63) is 33.4 Å². The van der Waals surface area contributed by atoms with Gasteiger partial charge in [-0.25, -0.2) is 0 Å². The molecule has 0 atom stereocenters. The summed E-state index contributed by atoms with van der Waals surface area (Å²) in [6, 6.07) is 2.22. The summed E-state index contributed by atoms with van der Waals surface area (Å²) in [5.74, 6) is -1.07. The van der Waals surface area contributed by atoms with Gasteiger partial charge in [-0.05, 0) is 32.9 Å². The van der Waals surface area contributed by atoms with Gasteiger partial charge < -0.3 is 15.6 Å². The normalized spacial score (nSPS) is 13.7. The molecule has 0 fully saturated rings. The van der Waals surface area contributed by atoms with Gasteiger partial charge in [-0.3, -0.25) is 24.6 Å². The molecule has 0 aromatic heterocycles. The molecule has 122 valence electrons. The summed E-state index contributed by atoms with van der Waals surface area (Å²) < 4.78 is 0. The number of nitrogens with zero attached hydrogens (tertiary/aromatic N) is 3. The minimum absolute atomic E-state index is 0.000203. The summed E-state index contributed by atoms with van der Waals surface area (Å²) in [7, 11) is 1.09. The van der Waals surface area contributed by atoms with Crippen LogP contribution in [-0.4, -0.2) is 58.7 Å². The second-order valence-corrected chi connectivity index (χ2v) is 5.44. The van der Waals surface area contributed by atoms with Crippen LogP contribution < -0.4 is 5.73 Å². The Morgan fingerprint density at radius 3 is 2.43 bits per heavy atom. The van der Waals surface area contributed by atoms with Gasteiger partial charge >= 0.3 is 7.05 Å². The van der Waals surface area contributed by atoms with E-state index in [0.29, 0.717) is 13.0 Å². The number of hydrogen-bond acceptors (Lipinski definition) is 7. The van der Waals surface area contributed by atoms with E-state index < -0.39 is 23.8 Å². The molecule has 1 heterocycles. The molecule has 0 aliphatic carbocycles. The third-order valence-corrected chi connectivity index (χ3v) is 3.85. The third kappa shape index (κ3) is 3.17. The zero-order valence-electron chi connectivity index (χ0n) is 12.9. The first-order valence-electron chi connectivity index (χ1n) is 7.06. The van der Waals surface area contributed by atoms with Gasteiger partial charge in [-0.15, -0.1) is 0 Å². The molecule has 0 bridgehead atoms. The number of fused-ring (bicyclic) bond motifs is 1. The SMILES string of the molecule is CB(O)N(C)CCCN1C(=O)c2cc(N)c([N+](=O)[O-])cc2C1=O. The number of carbonyl (C=O) groups excluding carboxylic acids is 2. The number of carbonyl (C=O) groups is 2. The first-order valence-corrected chi connectivity index (χ1v) is 7.06. The second kappa shape index (κ2) is 6.35. The molecule has 1 aromatic carbocycles. The highest BCUT2D eigenvalue weighted by Gasteiger charge is 2.37. The van der Waals surface area contributed by atoms with E-state index in [2.05, 4.69) is 0 Å². The Morgan fingerprint density at radius 2 is 1.91 bits per heavy atom. The van der Waals surface area contributed by atoms with Crippen molar-refractivity contribution >= 4 is 30.2 Å². The quantitative estimate of drug-likeness (QED) is 0.252. The van der Waals surface area contributed by atoms with E-state index in [-0.39, 0.29) is 29.0 Å². The average molecular weight is 320 g/mol. The third-order valence-electron chi connectivity index (χ3n) is 3.85. The molecule has 10 heteroatoms. The van der Waals surface area contributed by atoms with Gasteiger partial charge in [0.25, 0.3) is 17.5 Å². The molecule has 9 nitrogen and oxygen atoms in total. The first kappa shape index (κ1) is 16.9. The molecule has 1 aliphatic heterocycles. The van der Waals surface area contributed by atoms with Crippen molar-refractivity contribution in [3.63, 3.8) is 0 Å². The Hall–Kier alpha value is -2.46. The summed E-state index contributed by atoms with van der Waals surface area (Å²) >= 11 is 0. The lowest BCUT2D eigenvalue weighted by Crippen LogP contribution is -2.37. The van der Waals surface area contributed by atoms with Gasteiger partial charge in [0.05, 0.1) is 16.1 Å². The van der Waals surface area contributed by atoms with Crippen LogP contribution in [0.5, 0.6) is 0 Å². The van der Waals surface area contributed by atoms with Gasteiger partial charge in [-0.1, -0.05) is 0 Å². The van der Waals surface area contributed by atoms with Crippen LogP contribution in [-0.2, 0) is 0 Å². The van der Waals surface area contributed by atoms with Crippen molar-refractivity contribution in [1.82, 2.24) is 9.71 Å². The number of nitrogens with two attached hydrogens (primary N) is 1. The Labute approximate surface area is 132 Å². The van der Waals surface area contributed by atoms with E-state index in [1.54, 1.807) is 18.7 Å². The van der Waals surface area contributed by atoms with Crippen LogP contribution in [0.15, 0.2) is 12.1 Å². The van der Waals surface area contributed by atoms with Gasteiger partial charge in [0.15, 0.2) is 0 Å². The van der Waals surface area contributed by atoms with Crippen molar-refractivity contribution in [2.75, 3.05) is 25.9 Å². The average Bonchev–Trinajstić information content (AvgIpc) is 2.70. The van der Waals surface area contributed by atoms with E-state index in [4.69, 9.17) is 5.73 Å². The number of nitro benzene ring substituents is 1. The van der Waals surface area contributed by atoms with Crippen molar-refractivity contribution in [3.8, 4) is 0 Å². The monoisotopic (exact) mass is 320 g/mol. The lowest BCUT2D eigenvalue weighted by Gasteiger charge is -2.19. The molecule has 0 unspecified atom stereocenters. The highest BCUT2D eigenvalue weighted by atomic mass is 16.6. The predicted octanol–water partition coefficient (Wildman–Crippen LogP) is 0.205. The number of amides is 2. The van der Waals surface area contributed by atoms with Gasteiger partial charge in [-0.2, -0.15) is 0 Å². The molecular formula is C13H17BN4O5. The number of anilines is 1. The number of nitrogen functional groups attached to an aromatic ring is 1. The number of benzene rings is 1. The molecule has 0 saturated heterocycles. The molecule has 1 aromatic rings. The van der Waals surface area contributed by atoms with E-state index in [1.807, 2.05) is 0 Å². The summed E-state index contributed by atoms with van der Waals surface area (Å²) in [4.78, 5) is 37.5. The fourth-order valence-electron chi connectivity index (χ4n) is 2.37. The standard InChI is InChI=1S/C13H17BN4O5/c1-14(21)16(2)4-3-5-17-12(19)8-6-10(15)11(18(22)23)7-9(8)13(17)20/h6-7,21H,3-5,15H2,1-2H3. The number of rotatable bonds is 6. The Kier molecular flexibility index (Phi) is 4.67. The Bertz CT molecular complexity index is 679. The van der Waals surface area contributed by atoms with Crippen LogP contribution >= 0.6 is 0 Å². The van der Waals surface area contributed by atoms with E-state index >= 15 is 0 Å². The molecule has 3 N–H and O–H groups in total. The van der Waals surface area contributed by atoms with Crippen LogP contribution in [0.2, 0.25) is 6.82 Å². The molecule has 0 radical (unpaired) electrons. The smallest absolute Gasteiger partial charge is 0.376 e.